The highest BCUT2D eigenvalue weighted by Gasteiger charge is 2.62. The van der Waals surface area contributed by atoms with Crippen LogP contribution in [-0.4, -0.2) is 0 Å². The lowest BCUT2D eigenvalue weighted by atomic mass is 10.0. The molecule has 4 atom stereocenters. The summed E-state index contributed by atoms with van der Waals surface area (Å²) in [5.74, 6) is 0. The first-order valence-corrected chi connectivity index (χ1v) is 32.8. The second kappa shape index (κ2) is 16.9. The topological polar surface area (TPSA) is 68.3 Å². The maximum atomic E-state index is 18.4. The molecule has 0 bridgehead atoms. The molecule has 8 heteroatoms. The third-order valence-corrected chi connectivity index (χ3v) is 30.6. The Bertz CT molecular complexity index is 3560. The van der Waals surface area contributed by atoms with Gasteiger partial charge in [-0.15, -0.1) is 0 Å². The third-order valence-electron chi connectivity index (χ3n) is 16.9. The highest BCUT2D eigenvalue weighted by Crippen LogP contribution is 2.89. The van der Waals surface area contributed by atoms with E-state index in [1.807, 2.05) is 158 Å². The summed E-state index contributed by atoms with van der Waals surface area (Å²) < 4.78 is 71.6. The van der Waals surface area contributed by atoms with Crippen LogP contribution in [0.15, 0.2) is 258 Å². The molecule has 4 aliphatic heterocycles. The minimum Gasteiger partial charge on any atom is -0.309 e. The lowest BCUT2D eigenvalue weighted by Crippen LogP contribution is -2.16. The van der Waals surface area contributed by atoms with Gasteiger partial charge in [-0.1, -0.05) is 182 Å². The molecular weight excluding hydrogens is 957 g/mol. The van der Waals surface area contributed by atoms with Crippen molar-refractivity contribution in [1.29, 1.82) is 0 Å². The third kappa shape index (κ3) is 6.02. The first-order valence-electron chi connectivity index (χ1n) is 26.0. The van der Waals surface area contributed by atoms with Crippen molar-refractivity contribution in [3.63, 3.8) is 0 Å². The van der Waals surface area contributed by atoms with Gasteiger partial charge in [0.25, 0.3) is 0 Å². The molecule has 354 valence electrons. The maximum Gasteiger partial charge on any atom is 0.173 e. The van der Waals surface area contributed by atoms with Crippen LogP contribution in [0.2, 0.25) is 0 Å². The Kier molecular flexibility index (Phi) is 10.5. The number of hydrogen-bond donors (Lipinski definition) is 0. The first kappa shape index (κ1) is 44.8. The molecule has 6 aromatic rings. The van der Waals surface area contributed by atoms with Crippen LogP contribution in [0.1, 0.15) is 88.2 Å². The summed E-state index contributed by atoms with van der Waals surface area (Å²) in [7, 11) is -15.4. The minimum absolute atomic E-state index is 0.686. The average Bonchev–Trinajstić information content (AvgIpc) is 4.33. The Morgan fingerprint density at radius 2 is 0.375 bits per heavy atom. The van der Waals surface area contributed by atoms with Crippen molar-refractivity contribution in [3.05, 3.63) is 270 Å². The van der Waals surface area contributed by atoms with Gasteiger partial charge in [0.15, 0.2) is 28.6 Å². The Morgan fingerprint density at radius 3 is 0.583 bits per heavy atom. The Labute approximate surface area is 423 Å². The lowest BCUT2D eigenvalue weighted by Gasteiger charge is -2.32. The monoisotopic (exact) mass is 1010 g/mol. The number of fused-ring (bicyclic) bond motifs is 4. The smallest absolute Gasteiger partial charge is 0.173 e. The molecule has 0 N–H and O–H groups in total. The second-order valence-electron chi connectivity index (χ2n) is 20.5. The largest absolute Gasteiger partial charge is 0.309 e. The fourth-order valence-electron chi connectivity index (χ4n) is 14.3. The molecule has 0 spiro atoms. The van der Waals surface area contributed by atoms with Crippen molar-refractivity contribution in [2.24, 2.45) is 0 Å². The van der Waals surface area contributed by atoms with Gasteiger partial charge < -0.3 is 18.3 Å². The Hall–Kier alpha value is -5.84. The molecule has 3 unspecified atom stereocenters. The average molecular weight is 1010 g/mol. The van der Waals surface area contributed by atoms with E-state index in [2.05, 4.69) is 24.3 Å². The highest BCUT2D eigenvalue weighted by atomic mass is 31.2. The predicted molar refractivity (Wildman–Crippen MR) is 299 cm³/mol. The fraction of sp³-hybridized carbons (Fsp3) is 0.188. The zero-order valence-electron chi connectivity index (χ0n) is 40.2. The molecule has 4 nitrogen and oxygen atoms in total. The van der Waals surface area contributed by atoms with Crippen LogP contribution < -0.4 is 21.2 Å². The normalized spacial score (nSPS) is 27.6. The molecule has 0 radical (unpaired) electrons. The second-order valence-corrected chi connectivity index (χ2v) is 31.1. The zero-order chi connectivity index (χ0) is 48.4. The SMILES string of the molecule is O=P1(c2ccccc2)C(C2=C3CCCC3=C(c3ccccc3)P2(=O)c2ccccc2)=C2CCCC2=C1C1=C2CCCC2=C(C2=C3CCCC3=C(c3ccccc3)P2(=O)c2ccccc2)[P@]1(=O)c1ccccc1. The lowest BCUT2D eigenvalue weighted by molar-refractivity contribution is 0.584. The molecule has 4 aliphatic carbocycles. The highest BCUT2D eigenvalue weighted by molar-refractivity contribution is 7.91. The van der Waals surface area contributed by atoms with E-state index < -0.39 is 28.6 Å². The van der Waals surface area contributed by atoms with Crippen molar-refractivity contribution in [1.82, 2.24) is 0 Å². The van der Waals surface area contributed by atoms with Crippen LogP contribution in [0.5, 0.6) is 0 Å². The molecule has 4 heterocycles. The van der Waals surface area contributed by atoms with Gasteiger partial charge in [-0.3, -0.25) is 0 Å². The fourth-order valence-corrected chi connectivity index (χ4v) is 30.8. The number of allylic oxidation sites excluding steroid dienone is 14. The first-order chi connectivity index (χ1) is 35.3. The summed E-state index contributed by atoms with van der Waals surface area (Å²) in [5, 5.41) is 9.14. The van der Waals surface area contributed by atoms with E-state index in [4.69, 9.17) is 0 Å². The maximum absolute atomic E-state index is 18.4. The van der Waals surface area contributed by atoms with Crippen LogP contribution in [-0.2, 0) is 18.3 Å². The van der Waals surface area contributed by atoms with Crippen LogP contribution in [0.25, 0.3) is 10.6 Å². The van der Waals surface area contributed by atoms with E-state index in [0.717, 1.165) is 150 Å². The number of rotatable bonds is 9. The van der Waals surface area contributed by atoms with E-state index in [1.165, 1.54) is 0 Å². The van der Waals surface area contributed by atoms with E-state index in [9.17, 15) is 0 Å². The predicted octanol–water partition coefficient (Wildman–Crippen LogP) is 16.9. The molecule has 6 aromatic carbocycles. The zero-order valence-corrected chi connectivity index (χ0v) is 43.8. The molecule has 0 saturated heterocycles. The van der Waals surface area contributed by atoms with Crippen molar-refractivity contribution >= 4 is 60.4 Å². The minimum atomic E-state index is -4.02. The van der Waals surface area contributed by atoms with E-state index in [1.54, 1.807) is 0 Å². The van der Waals surface area contributed by atoms with E-state index in [-0.39, 0.29) is 0 Å². The van der Waals surface area contributed by atoms with Gasteiger partial charge in [-0.05, 0) is 133 Å². The van der Waals surface area contributed by atoms with E-state index >= 15 is 18.3 Å². The van der Waals surface area contributed by atoms with Gasteiger partial charge in [0, 0.05) is 63.7 Å². The molecular formula is C64H54O4P4. The quantitative estimate of drug-likeness (QED) is 0.135. The number of benzene rings is 6. The molecule has 0 aromatic heterocycles. The Morgan fingerprint density at radius 1 is 0.208 bits per heavy atom. The summed E-state index contributed by atoms with van der Waals surface area (Å²) in [4.78, 5) is 0. The van der Waals surface area contributed by atoms with Gasteiger partial charge in [0.2, 0.25) is 0 Å². The van der Waals surface area contributed by atoms with Crippen LogP contribution in [0, 0.1) is 0 Å². The summed E-state index contributed by atoms with van der Waals surface area (Å²) in [6, 6.07) is 60.5. The van der Waals surface area contributed by atoms with Gasteiger partial charge in [-0.2, -0.15) is 0 Å². The molecule has 8 aliphatic rings. The van der Waals surface area contributed by atoms with E-state index in [0.29, 0.717) is 46.9 Å². The van der Waals surface area contributed by atoms with Crippen LogP contribution >= 0.6 is 28.6 Å². The number of hydrogen-bond acceptors (Lipinski definition) is 4. The van der Waals surface area contributed by atoms with Gasteiger partial charge in [0.05, 0.1) is 0 Å². The van der Waals surface area contributed by atoms with Gasteiger partial charge >= 0.3 is 0 Å². The standard InChI is InChI=1S/C64H54O4P4/c65-69(45-27-11-3-12-28-45)57(43-23-7-1-8-24-43)49-35-19-37-51(49)59(69)61-53-39-21-41-55(53)63(71(61,67)47-31-15-5-16-32-47)64-56-42-22-40-54(56)62(72(64,68)48-33-17-6-18-34-48)60-52-38-20-36-50(52)58(44-25-9-2-10-26-44)70(60,66)46-29-13-4-14-30-46/h1-18,23-34H,19-22,35-42H2/t69?,70?,71-,72?/m1/s1. The molecule has 72 heavy (non-hydrogen) atoms. The van der Waals surface area contributed by atoms with Crippen molar-refractivity contribution in [2.45, 2.75) is 77.0 Å². The summed E-state index contributed by atoms with van der Waals surface area (Å²) >= 11 is 0. The molecule has 4 saturated carbocycles. The van der Waals surface area contributed by atoms with Crippen LogP contribution in [0.3, 0.4) is 0 Å². The summed E-state index contributed by atoms with van der Waals surface area (Å²) in [6.07, 6.45) is 9.46. The molecule has 0 amide bonds. The van der Waals surface area contributed by atoms with Crippen molar-refractivity contribution < 1.29 is 18.3 Å². The van der Waals surface area contributed by atoms with Gasteiger partial charge in [0.1, 0.15) is 0 Å². The Balaban J connectivity index is 1.05. The molecule has 14 rings (SSSR count). The summed E-state index contributed by atoms with van der Waals surface area (Å²) in [5.41, 5.74) is 10.5. The molecule has 4 fully saturated rings. The summed E-state index contributed by atoms with van der Waals surface area (Å²) in [6.45, 7) is 0. The van der Waals surface area contributed by atoms with Crippen molar-refractivity contribution in [2.75, 3.05) is 0 Å². The van der Waals surface area contributed by atoms with Crippen molar-refractivity contribution in [3.8, 4) is 0 Å². The van der Waals surface area contributed by atoms with Gasteiger partial charge in [-0.25, -0.2) is 0 Å². The van der Waals surface area contributed by atoms with Crippen LogP contribution in [0.4, 0.5) is 0 Å².